The summed E-state index contributed by atoms with van der Waals surface area (Å²) in [6.45, 7) is 0. The number of rotatable bonds is 0. The van der Waals surface area contributed by atoms with Crippen molar-refractivity contribution in [1.29, 1.82) is 10.8 Å². The fourth-order valence-electron chi connectivity index (χ4n) is 0. The van der Waals surface area contributed by atoms with Gasteiger partial charge in [-0.15, -0.1) is 0 Å². The lowest BCUT2D eigenvalue weighted by atomic mass is 11.3. The van der Waals surface area contributed by atoms with Gasteiger partial charge in [0.2, 0.25) is 12.2 Å². The zero-order valence-electron chi connectivity index (χ0n) is 4.75. The third kappa shape index (κ3) is 75.2. The van der Waals surface area contributed by atoms with Crippen LogP contribution in [-0.2, 0) is 9.59 Å². The SMILES string of the molecule is C.N=C=O.N=C=O.NC(=O)O. The van der Waals surface area contributed by atoms with Crippen LogP contribution in [0.4, 0.5) is 4.79 Å². The number of carbonyl (C=O) groups excluding carboxylic acids is 2. The molecule has 7 nitrogen and oxygen atoms in total. The number of carboxylic acid groups (broad SMARTS) is 1. The minimum absolute atomic E-state index is 0. The second-order valence-corrected chi connectivity index (χ2v) is 0.542. The summed E-state index contributed by atoms with van der Waals surface area (Å²) in [5.74, 6) is 0. The maximum absolute atomic E-state index is 8.78. The number of hydrogen-bond donors (Lipinski definition) is 4. The molecule has 1 amide bonds. The Morgan fingerprint density at radius 3 is 1.27 bits per heavy atom. The van der Waals surface area contributed by atoms with E-state index < -0.39 is 6.09 Å². The molecule has 0 aliphatic rings. The van der Waals surface area contributed by atoms with E-state index >= 15 is 0 Å². The molecule has 0 aliphatic carbocycles. The summed E-state index contributed by atoms with van der Waals surface area (Å²) in [5, 5.41) is 18.0. The average Bonchev–Trinajstić information content (AvgIpc) is 1.65. The van der Waals surface area contributed by atoms with E-state index in [9.17, 15) is 0 Å². The maximum atomic E-state index is 8.78. The van der Waals surface area contributed by atoms with E-state index in [2.05, 4.69) is 5.73 Å². The van der Waals surface area contributed by atoms with Gasteiger partial charge in [-0.3, -0.25) is 0 Å². The van der Waals surface area contributed by atoms with E-state index in [0.717, 1.165) is 12.2 Å². The van der Waals surface area contributed by atoms with Crippen LogP contribution < -0.4 is 5.73 Å². The molecule has 0 aromatic rings. The van der Waals surface area contributed by atoms with Crippen molar-refractivity contribution in [3.8, 4) is 0 Å². The van der Waals surface area contributed by atoms with Crippen molar-refractivity contribution in [2.75, 3.05) is 0 Å². The van der Waals surface area contributed by atoms with Crippen molar-refractivity contribution in [1.82, 2.24) is 0 Å². The van der Waals surface area contributed by atoms with E-state index in [-0.39, 0.29) is 7.43 Å². The van der Waals surface area contributed by atoms with Gasteiger partial charge >= 0.3 is 6.09 Å². The highest BCUT2D eigenvalue weighted by atomic mass is 16.4. The standard InChI is InChI=1S/CH3NO2.2CHNO.CH4/c2-1(3)4;2*2-1-3;/h2H2,(H,3,4);2*2H;1H4. The summed E-state index contributed by atoms with van der Waals surface area (Å²) in [7, 11) is 0. The van der Waals surface area contributed by atoms with Gasteiger partial charge in [0, 0.05) is 0 Å². The van der Waals surface area contributed by atoms with Crippen LogP contribution in [0, 0.1) is 10.8 Å². The normalized spacial score (nSPS) is 3.64. The molecule has 0 rings (SSSR count). The summed E-state index contributed by atoms with van der Waals surface area (Å²) in [6.07, 6.45) is 0.167. The van der Waals surface area contributed by atoms with Crippen molar-refractivity contribution in [2.24, 2.45) is 5.73 Å². The van der Waals surface area contributed by atoms with Crippen molar-refractivity contribution >= 4 is 18.3 Å². The first kappa shape index (κ1) is 23.0. The van der Waals surface area contributed by atoms with Gasteiger partial charge in [-0.2, -0.15) is 0 Å². The average molecular weight is 163 g/mol. The number of primary amides is 1. The lowest BCUT2D eigenvalue weighted by molar-refractivity contribution is 0.205. The van der Waals surface area contributed by atoms with E-state index in [4.69, 9.17) is 30.3 Å². The molecule has 0 unspecified atom stereocenters. The summed E-state index contributed by atoms with van der Waals surface area (Å²) in [5.41, 5.74) is 4.03. The highest BCUT2D eigenvalue weighted by Gasteiger charge is 1.65. The molecule has 0 heterocycles. The molecule has 5 N–H and O–H groups in total. The van der Waals surface area contributed by atoms with E-state index in [1.165, 1.54) is 0 Å². The van der Waals surface area contributed by atoms with E-state index in [1.54, 1.807) is 0 Å². The molecular formula is C4H9N3O4. The molecule has 0 fully saturated rings. The van der Waals surface area contributed by atoms with Crippen LogP contribution in [0.1, 0.15) is 7.43 Å². The van der Waals surface area contributed by atoms with Gasteiger partial charge in [0.1, 0.15) is 0 Å². The first-order valence-electron chi connectivity index (χ1n) is 1.62. The third-order valence-corrected chi connectivity index (χ3v) is 0. The summed E-state index contributed by atoms with van der Waals surface area (Å²) in [4.78, 5) is 25.5. The smallest absolute Gasteiger partial charge is 0.402 e. The van der Waals surface area contributed by atoms with Crippen LogP contribution in [0.5, 0.6) is 0 Å². The Labute approximate surface area is 62.8 Å². The number of isocyanates is 2. The Morgan fingerprint density at radius 2 is 1.27 bits per heavy atom. The van der Waals surface area contributed by atoms with Gasteiger partial charge in [0.25, 0.3) is 0 Å². The zero-order valence-corrected chi connectivity index (χ0v) is 4.75. The van der Waals surface area contributed by atoms with Crippen LogP contribution in [0.3, 0.4) is 0 Å². The maximum Gasteiger partial charge on any atom is 0.402 e. The summed E-state index contributed by atoms with van der Waals surface area (Å²) in [6, 6.07) is 0. The Bertz CT molecular complexity index is 127. The second-order valence-electron chi connectivity index (χ2n) is 0.542. The van der Waals surface area contributed by atoms with Gasteiger partial charge in [0.05, 0.1) is 0 Å². The molecule has 11 heavy (non-hydrogen) atoms. The molecule has 0 atom stereocenters. The number of nitrogens with one attached hydrogen (secondary N) is 2. The van der Waals surface area contributed by atoms with Crippen LogP contribution in [0.15, 0.2) is 0 Å². The highest BCUT2D eigenvalue weighted by Crippen LogP contribution is 1.34. The van der Waals surface area contributed by atoms with Crippen molar-refractivity contribution < 1.29 is 19.5 Å². The zero-order chi connectivity index (χ0) is 8.99. The molecule has 0 radical (unpaired) electrons. The largest absolute Gasteiger partial charge is 0.465 e. The predicted molar refractivity (Wildman–Crippen MR) is 35.8 cm³/mol. The van der Waals surface area contributed by atoms with Crippen molar-refractivity contribution in [3.05, 3.63) is 0 Å². The van der Waals surface area contributed by atoms with Gasteiger partial charge in [0.15, 0.2) is 0 Å². The van der Waals surface area contributed by atoms with Gasteiger partial charge in [-0.25, -0.2) is 25.2 Å². The molecular weight excluding hydrogens is 154 g/mol. The fourth-order valence-corrected chi connectivity index (χ4v) is 0. The summed E-state index contributed by atoms with van der Waals surface area (Å²) >= 11 is 0. The third-order valence-electron chi connectivity index (χ3n) is 0. The molecule has 0 bridgehead atoms. The molecule has 0 spiro atoms. The summed E-state index contributed by atoms with van der Waals surface area (Å²) < 4.78 is 0. The minimum atomic E-state index is -1.33. The lowest BCUT2D eigenvalue weighted by Gasteiger charge is -1.61. The van der Waals surface area contributed by atoms with E-state index in [1.807, 2.05) is 0 Å². The Morgan fingerprint density at radius 1 is 1.27 bits per heavy atom. The molecule has 64 valence electrons. The molecule has 7 heteroatoms. The van der Waals surface area contributed by atoms with Crippen molar-refractivity contribution in [3.63, 3.8) is 0 Å². The fraction of sp³-hybridized carbons (Fsp3) is 0.250. The highest BCUT2D eigenvalue weighted by molar-refractivity contribution is 5.61. The number of nitrogens with two attached hydrogens (primary N) is 1. The minimum Gasteiger partial charge on any atom is -0.465 e. The number of amides is 1. The van der Waals surface area contributed by atoms with Crippen LogP contribution in [-0.4, -0.2) is 23.4 Å². The van der Waals surface area contributed by atoms with Crippen LogP contribution >= 0.6 is 0 Å². The van der Waals surface area contributed by atoms with Gasteiger partial charge in [-0.05, 0) is 0 Å². The van der Waals surface area contributed by atoms with Crippen LogP contribution in [0.2, 0.25) is 0 Å². The molecule has 0 saturated carbocycles. The Balaban J connectivity index is -0.0000000325. The van der Waals surface area contributed by atoms with Crippen molar-refractivity contribution in [2.45, 2.75) is 7.43 Å². The van der Waals surface area contributed by atoms with Gasteiger partial charge < -0.3 is 10.8 Å². The molecule has 0 aromatic carbocycles. The molecule has 0 saturated heterocycles. The van der Waals surface area contributed by atoms with E-state index in [0.29, 0.717) is 0 Å². The Kier molecular flexibility index (Phi) is 90.4. The molecule has 0 aliphatic heterocycles. The predicted octanol–water partition coefficient (Wildman–Crippen LogP) is 0.0611. The first-order valence-corrected chi connectivity index (χ1v) is 1.62. The number of carbonyl (C=O) groups is 1. The quantitative estimate of drug-likeness (QED) is 0.295. The topological polar surface area (TPSA) is 145 Å². The number of hydrogen-bond acceptors (Lipinski definition) is 5. The van der Waals surface area contributed by atoms with Crippen LogP contribution in [0.25, 0.3) is 0 Å². The van der Waals surface area contributed by atoms with Gasteiger partial charge in [-0.1, -0.05) is 7.43 Å². The Hall–Kier alpha value is -1.97. The monoisotopic (exact) mass is 163 g/mol. The lowest BCUT2D eigenvalue weighted by Crippen LogP contribution is -2.03. The second kappa shape index (κ2) is 43.2. The first-order chi connectivity index (χ1) is 4.56. The molecule has 0 aromatic heterocycles.